The molecule has 0 spiro atoms. The number of nitrogens with zero attached hydrogens (tertiary/aromatic N) is 2. The van der Waals surface area contributed by atoms with Crippen LogP contribution in [0.25, 0.3) is 0 Å². The van der Waals surface area contributed by atoms with Gasteiger partial charge in [0.15, 0.2) is 0 Å². The highest BCUT2D eigenvalue weighted by molar-refractivity contribution is 5.87. The number of carbonyl (C=O) groups excluding carboxylic acids is 2. The number of rotatable bonds is 4. The van der Waals surface area contributed by atoms with Gasteiger partial charge in [0, 0.05) is 12.6 Å². The molecule has 0 aliphatic carbocycles. The fourth-order valence-corrected chi connectivity index (χ4v) is 2.87. The Bertz CT molecular complexity index is 434. The molecule has 0 aromatic rings. The molecule has 1 heterocycles. The first-order valence-electron chi connectivity index (χ1n) is 7.16. The number of hydrogen-bond acceptors (Lipinski definition) is 3. The van der Waals surface area contributed by atoms with Gasteiger partial charge in [-0.15, -0.1) is 0 Å². The van der Waals surface area contributed by atoms with Gasteiger partial charge < -0.3 is 20.6 Å². The highest BCUT2D eigenvalue weighted by Crippen LogP contribution is 2.36. The second kappa shape index (κ2) is 6.32. The SMILES string of the molecule is CC(C)N(CC(N)=O)C(=O)N1CCCC(C)(C)C1C(=O)O. The van der Waals surface area contributed by atoms with Crippen LogP contribution in [-0.2, 0) is 9.59 Å². The van der Waals surface area contributed by atoms with Crippen LogP contribution in [0.3, 0.4) is 0 Å². The van der Waals surface area contributed by atoms with Crippen molar-refractivity contribution in [3.8, 4) is 0 Å². The van der Waals surface area contributed by atoms with E-state index in [1.165, 1.54) is 9.80 Å². The van der Waals surface area contributed by atoms with Gasteiger partial charge in [-0.2, -0.15) is 0 Å². The van der Waals surface area contributed by atoms with E-state index in [-0.39, 0.29) is 12.6 Å². The molecule has 1 aliphatic rings. The summed E-state index contributed by atoms with van der Waals surface area (Å²) in [5.74, 6) is -1.63. The van der Waals surface area contributed by atoms with Gasteiger partial charge in [0.25, 0.3) is 0 Å². The molecule has 1 rings (SSSR count). The summed E-state index contributed by atoms with van der Waals surface area (Å²) < 4.78 is 0. The summed E-state index contributed by atoms with van der Waals surface area (Å²) in [6, 6.07) is -1.57. The van der Waals surface area contributed by atoms with Crippen LogP contribution in [0, 0.1) is 5.41 Å². The van der Waals surface area contributed by atoms with E-state index < -0.39 is 29.4 Å². The first-order chi connectivity index (χ1) is 9.58. The molecule has 0 bridgehead atoms. The lowest BCUT2D eigenvalue weighted by molar-refractivity contribution is -0.148. The molecule has 1 aliphatic heterocycles. The van der Waals surface area contributed by atoms with Gasteiger partial charge in [-0.05, 0) is 32.1 Å². The van der Waals surface area contributed by atoms with Gasteiger partial charge in [-0.3, -0.25) is 4.79 Å². The topological polar surface area (TPSA) is 104 Å². The number of amides is 3. The predicted molar refractivity (Wildman–Crippen MR) is 77.6 cm³/mol. The number of urea groups is 1. The Hall–Kier alpha value is -1.79. The third-order valence-corrected chi connectivity index (χ3v) is 3.95. The van der Waals surface area contributed by atoms with Crippen molar-refractivity contribution in [3.05, 3.63) is 0 Å². The molecule has 21 heavy (non-hydrogen) atoms. The Balaban J connectivity index is 3.06. The van der Waals surface area contributed by atoms with E-state index in [4.69, 9.17) is 5.73 Å². The first kappa shape index (κ1) is 17.3. The van der Waals surface area contributed by atoms with E-state index in [0.29, 0.717) is 6.54 Å². The van der Waals surface area contributed by atoms with Crippen LogP contribution >= 0.6 is 0 Å². The van der Waals surface area contributed by atoms with Crippen molar-refractivity contribution >= 4 is 17.9 Å². The monoisotopic (exact) mass is 299 g/mol. The third-order valence-electron chi connectivity index (χ3n) is 3.95. The summed E-state index contributed by atoms with van der Waals surface area (Å²) in [5.41, 5.74) is 4.67. The molecule has 0 aromatic carbocycles. The van der Waals surface area contributed by atoms with Gasteiger partial charge in [0.1, 0.15) is 12.6 Å². The number of piperidine rings is 1. The zero-order valence-corrected chi connectivity index (χ0v) is 13.1. The molecule has 1 saturated heterocycles. The molecule has 120 valence electrons. The Kier molecular flexibility index (Phi) is 5.20. The van der Waals surface area contributed by atoms with Gasteiger partial charge in [0.05, 0.1) is 0 Å². The number of hydrogen-bond donors (Lipinski definition) is 2. The molecule has 3 amide bonds. The van der Waals surface area contributed by atoms with Crippen molar-refractivity contribution in [2.24, 2.45) is 11.1 Å². The normalized spacial score (nSPS) is 21.2. The minimum Gasteiger partial charge on any atom is -0.480 e. The molecule has 0 aromatic heterocycles. The van der Waals surface area contributed by atoms with Crippen molar-refractivity contribution in [1.82, 2.24) is 9.80 Å². The number of carbonyl (C=O) groups is 3. The van der Waals surface area contributed by atoms with E-state index in [2.05, 4.69) is 0 Å². The zero-order chi connectivity index (χ0) is 16.4. The fraction of sp³-hybridized carbons (Fsp3) is 0.786. The lowest BCUT2D eigenvalue weighted by atomic mass is 9.76. The summed E-state index contributed by atoms with van der Waals surface area (Å²) >= 11 is 0. The van der Waals surface area contributed by atoms with Crippen LogP contribution in [0.4, 0.5) is 4.79 Å². The van der Waals surface area contributed by atoms with Crippen LogP contribution in [0.15, 0.2) is 0 Å². The molecule has 0 radical (unpaired) electrons. The average Bonchev–Trinajstić information content (AvgIpc) is 2.32. The van der Waals surface area contributed by atoms with Gasteiger partial charge in [0.2, 0.25) is 5.91 Å². The number of likely N-dealkylation sites (tertiary alicyclic amines) is 1. The molecule has 0 saturated carbocycles. The summed E-state index contributed by atoms with van der Waals surface area (Å²) in [4.78, 5) is 38.1. The third kappa shape index (κ3) is 3.86. The molecule has 3 N–H and O–H groups in total. The minimum absolute atomic E-state index is 0.209. The standard InChI is InChI=1S/C14H25N3O4/c1-9(2)17(8-10(15)18)13(21)16-7-5-6-14(3,4)11(16)12(19)20/h9,11H,5-8H2,1-4H3,(H2,15,18)(H,19,20). The van der Waals surface area contributed by atoms with Crippen molar-refractivity contribution in [1.29, 1.82) is 0 Å². The highest BCUT2D eigenvalue weighted by Gasteiger charge is 2.45. The van der Waals surface area contributed by atoms with Gasteiger partial charge in [-0.1, -0.05) is 13.8 Å². The van der Waals surface area contributed by atoms with Crippen LogP contribution in [0.1, 0.15) is 40.5 Å². The van der Waals surface area contributed by atoms with Crippen LogP contribution in [-0.4, -0.2) is 58.0 Å². The zero-order valence-electron chi connectivity index (χ0n) is 13.1. The lowest BCUT2D eigenvalue weighted by Crippen LogP contribution is -2.60. The van der Waals surface area contributed by atoms with E-state index >= 15 is 0 Å². The van der Waals surface area contributed by atoms with Crippen molar-refractivity contribution in [2.45, 2.75) is 52.6 Å². The maximum absolute atomic E-state index is 12.7. The largest absolute Gasteiger partial charge is 0.480 e. The van der Waals surface area contributed by atoms with Crippen molar-refractivity contribution in [2.75, 3.05) is 13.1 Å². The van der Waals surface area contributed by atoms with Gasteiger partial charge in [-0.25, -0.2) is 9.59 Å². The number of nitrogens with two attached hydrogens (primary N) is 1. The van der Waals surface area contributed by atoms with E-state index in [1.54, 1.807) is 13.8 Å². The Morgan fingerprint density at radius 2 is 1.95 bits per heavy atom. The van der Waals surface area contributed by atoms with E-state index in [0.717, 1.165) is 12.8 Å². The van der Waals surface area contributed by atoms with Crippen LogP contribution in [0.5, 0.6) is 0 Å². The predicted octanol–water partition coefficient (Wildman–Crippen LogP) is 0.877. The van der Waals surface area contributed by atoms with E-state index in [1.807, 2.05) is 13.8 Å². The maximum Gasteiger partial charge on any atom is 0.327 e. The van der Waals surface area contributed by atoms with Gasteiger partial charge >= 0.3 is 12.0 Å². The second-order valence-corrected chi connectivity index (χ2v) is 6.50. The molecular formula is C14H25N3O4. The van der Waals surface area contributed by atoms with Crippen LogP contribution < -0.4 is 5.73 Å². The summed E-state index contributed by atoms with van der Waals surface area (Å²) in [6.07, 6.45) is 1.48. The van der Waals surface area contributed by atoms with E-state index in [9.17, 15) is 19.5 Å². The summed E-state index contributed by atoms with van der Waals surface area (Å²) in [5, 5.41) is 9.49. The number of primary amides is 1. The number of carboxylic acid groups (broad SMARTS) is 1. The highest BCUT2D eigenvalue weighted by atomic mass is 16.4. The first-order valence-corrected chi connectivity index (χ1v) is 7.16. The number of carboxylic acids is 1. The van der Waals surface area contributed by atoms with Crippen LogP contribution in [0.2, 0.25) is 0 Å². The summed E-state index contributed by atoms with van der Waals surface area (Å²) in [6.45, 7) is 7.40. The quantitative estimate of drug-likeness (QED) is 0.804. The second-order valence-electron chi connectivity index (χ2n) is 6.50. The molecule has 1 unspecified atom stereocenters. The van der Waals surface area contributed by atoms with Crippen molar-refractivity contribution in [3.63, 3.8) is 0 Å². The molecule has 7 nitrogen and oxygen atoms in total. The molecule has 7 heteroatoms. The minimum atomic E-state index is -1.02. The average molecular weight is 299 g/mol. The number of aliphatic carboxylic acids is 1. The smallest absolute Gasteiger partial charge is 0.327 e. The lowest BCUT2D eigenvalue weighted by Gasteiger charge is -2.45. The fourth-order valence-electron chi connectivity index (χ4n) is 2.87. The maximum atomic E-state index is 12.7. The molecular weight excluding hydrogens is 274 g/mol. The van der Waals surface area contributed by atoms with Crippen molar-refractivity contribution < 1.29 is 19.5 Å². The Morgan fingerprint density at radius 3 is 2.38 bits per heavy atom. The molecule has 1 atom stereocenters. The summed E-state index contributed by atoms with van der Waals surface area (Å²) in [7, 11) is 0. The Labute approximate surface area is 125 Å². The molecule has 1 fully saturated rings. The Morgan fingerprint density at radius 1 is 1.38 bits per heavy atom.